The molecule has 2 N–H and O–H groups in total. The topological polar surface area (TPSA) is 24.1 Å². The molecule has 2 heteroatoms. The van der Waals surface area contributed by atoms with Crippen LogP contribution in [0.2, 0.25) is 0 Å². The summed E-state index contributed by atoms with van der Waals surface area (Å²) in [5.41, 5.74) is 0.155. The van der Waals surface area contributed by atoms with Crippen molar-refractivity contribution in [1.82, 2.24) is 10.6 Å². The number of nitrogens with one attached hydrogen (secondary N) is 2. The largest absolute Gasteiger partial charge is 0.310 e. The third-order valence-corrected chi connectivity index (χ3v) is 5.41. The van der Waals surface area contributed by atoms with E-state index < -0.39 is 0 Å². The highest BCUT2D eigenvalue weighted by Gasteiger charge is 2.44. The molecule has 0 heterocycles. The van der Waals surface area contributed by atoms with Crippen molar-refractivity contribution in [1.29, 1.82) is 0 Å². The maximum atomic E-state index is 4.00. The Kier molecular flexibility index (Phi) is 12.3. The number of unbranched alkanes of at least 4 members (excludes halogenated alkanes) is 5. The first kappa shape index (κ1) is 23.9. The Balaban J connectivity index is 5.08. The average molecular weight is 341 g/mol. The van der Waals surface area contributed by atoms with E-state index in [-0.39, 0.29) is 5.54 Å². The third kappa shape index (κ3) is 7.87. The second-order valence-electron chi connectivity index (χ2n) is 8.97. The summed E-state index contributed by atoms with van der Waals surface area (Å²) in [6, 6.07) is 1.57. The Bertz CT molecular complexity index is 286. The minimum Gasteiger partial charge on any atom is -0.310 e. The van der Waals surface area contributed by atoms with E-state index in [2.05, 4.69) is 72.9 Å². The van der Waals surface area contributed by atoms with E-state index in [0.717, 1.165) is 0 Å². The van der Waals surface area contributed by atoms with Crippen molar-refractivity contribution in [3.8, 4) is 0 Å². The van der Waals surface area contributed by atoms with Crippen molar-refractivity contribution < 1.29 is 0 Å². The predicted molar refractivity (Wildman–Crippen MR) is 111 cm³/mol. The molecule has 0 saturated heterocycles. The lowest BCUT2D eigenvalue weighted by Crippen LogP contribution is -2.68. The predicted octanol–water partition coefficient (Wildman–Crippen LogP) is 6.15. The molecule has 0 bridgehead atoms. The molecule has 0 aromatic carbocycles. The minimum atomic E-state index is 0.155. The summed E-state index contributed by atoms with van der Waals surface area (Å²) >= 11 is 0. The van der Waals surface area contributed by atoms with Crippen LogP contribution >= 0.6 is 0 Å². The normalized spacial score (nSPS) is 14.4. The highest BCUT2D eigenvalue weighted by atomic mass is 15.1. The first-order chi connectivity index (χ1) is 11.2. The van der Waals surface area contributed by atoms with Gasteiger partial charge < -0.3 is 10.6 Å². The SMILES string of the molecule is CCCCCCCCC(NC(C)C)C(NC(C)C)(C(C)C)C(C)C. The van der Waals surface area contributed by atoms with Gasteiger partial charge in [0.15, 0.2) is 0 Å². The fourth-order valence-electron chi connectivity index (χ4n) is 4.40. The first-order valence-electron chi connectivity index (χ1n) is 10.7. The van der Waals surface area contributed by atoms with Crippen LogP contribution in [0.25, 0.3) is 0 Å². The molecule has 0 radical (unpaired) electrons. The molecule has 0 spiro atoms. The molecule has 0 saturated carbocycles. The fourth-order valence-corrected chi connectivity index (χ4v) is 4.40. The van der Waals surface area contributed by atoms with Crippen molar-refractivity contribution in [2.24, 2.45) is 11.8 Å². The van der Waals surface area contributed by atoms with Crippen molar-refractivity contribution in [2.45, 2.75) is 131 Å². The Morgan fingerprint density at radius 1 is 0.667 bits per heavy atom. The number of hydrogen-bond acceptors (Lipinski definition) is 2. The van der Waals surface area contributed by atoms with Crippen LogP contribution in [0.15, 0.2) is 0 Å². The molecule has 0 aromatic rings. The molecular weight excluding hydrogens is 292 g/mol. The molecule has 0 fully saturated rings. The molecule has 146 valence electrons. The van der Waals surface area contributed by atoms with E-state index >= 15 is 0 Å². The van der Waals surface area contributed by atoms with Crippen LogP contribution in [0.3, 0.4) is 0 Å². The van der Waals surface area contributed by atoms with Gasteiger partial charge in [0.25, 0.3) is 0 Å². The average Bonchev–Trinajstić information content (AvgIpc) is 2.45. The highest BCUT2D eigenvalue weighted by Crippen LogP contribution is 2.33. The summed E-state index contributed by atoms with van der Waals surface area (Å²) in [4.78, 5) is 0. The zero-order valence-electron chi connectivity index (χ0n) is 18.3. The monoisotopic (exact) mass is 340 g/mol. The van der Waals surface area contributed by atoms with Gasteiger partial charge in [-0.3, -0.25) is 0 Å². The summed E-state index contributed by atoms with van der Waals surface area (Å²) in [5, 5.41) is 7.92. The van der Waals surface area contributed by atoms with Crippen molar-refractivity contribution >= 4 is 0 Å². The van der Waals surface area contributed by atoms with E-state index in [4.69, 9.17) is 0 Å². The van der Waals surface area contributed by atoms with E-state index in [0.29, 0.717) is 30.0 Å². The zero-order chi connectivity index (χ0) is 18.8. The summed E-state index contributed by atoms with van der Waals surface area (Å²) < 4.78 is 0. The quantitative estimate of drug-likeness (QED) is 0.370. The van der Waals surface area contributed by atoms with Crippen molar-refractivity contribution in [3.05, 3.63) is 0 Å². The Hall–Kier alpha value is -0.0800. The molecule has 1 unspecified atom stereocenters. The van der Waals surface area contributed by atoms with Gasteiger partial charge in [-0.15, -0.1) is 0 Å². The molecule has 0 aliphatic carbocycles. The second kappa shape index (κ2) is 12.3. The molecule has 24 heavy (non-hydrogen) atoms. The number of rotatable bonds is 14. The molecule has 0 aliphatic rings. The maximum absolute atomic E-state index is 4.00. The van der Waals surface area contributed by atoms with E-state index in [9.17, 15) is 0 Å². The van der Waals surface area contributed by atoms with Crippen molar-refractivity contribution in [3.63, 3.8) is 0 Å². The lowest BCUT2D eigenvalue weighted by atomic mass is 9.69. The molecule has 0 rings (SSSR count). The Morgan fingerprint density at radius 3 is 1.58 bits per heavy atom. The Labute approximate surface area is 154 Å². The number of hydrogen-bond donors (Lipinski definition) is 2. The van der Waals surface area contributed by atoms with Gasteiger partial charge in [0.2, 0.25) is 0 Å². The van der Waals surface area contributed by atoms with Crippen LogP contribution in [0.5, 0.6) is 0 Å². The van der Waals surface area contributed by atoms with Crippen LogP contribution in [-0.2, 0) is 0 Å². The Morgan fingerprint density at radius 2 is 1.17 bits per heavy atom. The van der Waals surface area contributed by atoms with Gasteiger partial charge in [-0.25, -0.2) is 0 Å². The highest BCUT2D eigenvalue weighted by molar-refractivity contribution is 5.04. The van der Waals surface area contributed by atoms with Gasteiger partial charge in [0.1, 0.15) is 0 Å². The molecule has 0 aromatic heterocycles. The summed E-state index contributed by atoms with van der Waals surface area (Å²) in [6.45, 7) is 21.0. The van der Waals surface area contributed by atoms with Crippen LogP contribution in [0.1, 0.15) is 107 Å². The standard InChI is InChI=1S/C22H48N2/c1-10-11-12-13-14-15-16-21(23-19(6)7)22(17(2)3,18(4)5)24-20(8)9/h17-21,23-24H,10-16H2,1-9H3. The minimum absolute atomic E-state index is 0.155. The molecule has 1 atom stereocenters. The van der Waals surface area contributed by atoms with E-state index in [1.807, 2.05) is 0 Å². The van der Waals surface area contributed by atoms with Crippen LogP contribution in [0, 0.1) is 11.8 Å². The maximum Gasteiger partial charge on any atom is 0.0383 e. The van der Waals surface area contributed by atoms with Crippen LogP contribution in [0.4, 0.5) is 0 Å². The molecular formula is C22H48N2. The summed E-state index contributed by atoms with van der Waals surface area (Å²) in [7, 11) is 0. The van der Waals surface area contributed by atoms with E-state index in [1.165, 1.54) is 44.9 Å². The lowest BCUT2D eigenvalue weighted by Gasteiger charge is -2.50. The zero-order valence-corrected chi connectivity index (χ0v) is 18.3. The lowest BCUT2D eigenvalue weighted by molar-refractivity contribution is 0.0862. The molecule has 0 amide bonds. The van der Waals surface area contributed by atoms with Gasteiger partial charge in [-0.05, 0) is 18.3 Å². The summed E-state index contributed by atoms with van der Waals surface area (Å²) in [6.07, 6.45) is 9.53. The third-order valence-electron chi connectivity index (χ3n) is 5.41. The smallest absolute Gasteiger partial charge is 0.0383 e. The van der Waals surface area contributed by atoms with E-state index in [1.54, 1.807) is 0 Å². The fraction of sp³-hybridized carbons (Fsp3) is 1.00. The van der Waals surface area contributed by atoms with Gasteiger partial charge in [-0.2, -0.15) is 0 Å². The summed E-state index contributed by atoms with van der Waals surface area (Å²) in [5.74, 6) is 1.22. The first-order valence-corrected chi connectivity index (χ1v) is 10.7. The van der Waals surface area contributed by atoms with Gasteiger partial charge in [0, 0.05) is 23.7 Å². The van der Waals surface area contributed by atoms with Crippen LogP contribution in [-0.4, -0.2) is 23.7 Å². The van der Waals surface area contributed by atoms with Gasteiger partial charge in [-0.1, -0.05) is 101 Å². The van der Waals surface area contributed by atoms with Crippen molar-refractivity contribution in [2.75, 3.05) is 0 Å². The van der Waals surface area contributed by atoms with Gasteiger partial charge in [0.05, 0.1) is 0 Å². The molecule has 0 aliphatic heterocycles. The van der Waals surface area contributed by atoms with Gasteiger partial charge >= 0.3 is 0 Å². The second-order valence-corrected chi connectivity index (χ2v) is 8.97. The molecule has 2 nitrogen and oxygen atoms in total. The van der Waals surface area contributed by atoms with Crippen LogP contribution < -0.4 is 10.6 Å².